The molecule has 0 atom stereocenters. The van der Waals surface area contributed by atoms with Crippen LogP contribution in [-0.4, -0.2) is 15.9 Å². The molecule has 3 aromatic rings. The van der Waals surface area contributed by atoms with Gasteiger partial charge < -0.3 is 10.6 Å². The molecule has 5 nitrogen and oxygen atoms in total. The van der Waals surface area contributed by atoms with E-state index < -0.39 is 0 Å². The lowest BCUT2D eigenvalue weighted by Crippen LogP contribution is -2.14. The number of nitrogens with zero attached hydrogens (tertiary/aromatic N) is 2. The van der Waals surface area contributed by atoms with Crippen molar-refractivity contribution in [3.63, 3.8) is 0 Å². The van der Waals surface area contributed by atoms with Crippen molar-refractivity contribution in [2.75, 3.05) is 10.6 Å². The third-order valence-corrected chi connectivity index (χ3v) is 3.47. The van der Waals surface area contributed by atoms with Gasteiger partial charge in [0.2, 0.25) is 0 Å². The second-order valence-corrected chi connectivity index (χ2v) is 5.61. The molecule has 3 rings (SSSR count). The van der Waals surface area contributed by atoms with Gasteiger partial charge >= 0.3 is 0 Å². The highest BCUT2D eigenvalue weighted by molar-refractivity contribution is 6.03. The molecule has 0 spiro atoms. The van der Waals surface area contributed by atoms with Crippen molar-refractivity contribution in [3.05, 3.63) is 77.7 Å². The first kappa shape index (κ1) is 15.7. The Bertz CT molecular complexity index is 877. The van der Waals surface area contributed by atoms with Gasteiger partial charge in [0.25, 0.3) is 5.91 Å². The zero-order valence-electron chi connectivity index (χ0n) is 13.6. The number of amides is 1. The molecule has 1 heterocycles. The van der Waals surface area contributed by atoms with Crippen LogP contribution in [0.5, 0.6) is 0 Å². The summed E-state index contributed by atoms with van der Waals surface area (Å²) in [7, 11) is 0. The number of carbonyl (C=O) groups is 1. The first-order chi connectivity index (χ1) is 11.6. The summed E-state index contributed by atoms with van der Waals surface area (Å²) in [6, 6.07) is 17.2. The molecule has 1 aromatic heterocycles. The van der Waals surface area contributed by atoms with E-state index in [0.717, 1.165) is 22.5 Å². The quantitative estimate of drug-likeness (QED) is 0.760. The summed E-state index contributed by atoms with van der Waals surface area (Å²) in [4.78, 5) is 20.6. The van der Waals surface area contributed by atoms with Gasteiger partial charge in [-0.3, -0.25) is 4.79 Å². The van der Waals surface area contributed by atoms with Gasteiger partial charge in [-0.2, -0.15) is 0 Å². The van der Waals surface area contributed by atoms with Crippen molar-refractivity contribution in [1.82, 2.24) is 9.97 Å². The zero-order chi connectivity index (χ0) is 16.9. The summed E-state index contributed by atoms with van der Waals surface area (Å²) in [5.74, 6) is 0.306. The van der Waals surface area contributed by atoms with Crippen LogP contribution in [0.25, 0.3) is 0 Å². The molecule has 2 aromatic carbocycles. The summed E-state index contributed by atoms with van der Waals surface area (Å²) in [6.45, 7) is 4.00. The number of anilines is 3. The largest absolute Gasteiger partial charge is 0.340 e. The van der Waals surface area contributed by atoms with Crippen LogP contribution in [-0.2, 0) is 0 Å². The summed E-state index contributed by atoms with van der Waals surface area (Å²) in [5.41, 5.74) is 4.19. The average Bonchev–Trinajstić information content (AvgIpc) is 2.55. The van der Waals surface area contributed by atoms with E-state index >= 15 is 0 Å². The molecule has 0 radical (unpaired) electrons. The average molecular weight is 318 g/mol. The van der Waals surface area contributed by atoms with Crippen molar-refractivity contribution in [2.24, 2.45) is 0 Å². The molecule has 0 aliphatic carbocycles. The molecule has 5 heteroatoms. The van der Waals surface area contributed by atoms with Crippen LogP contribution in [0.15, 0.2) is 60.9 Å². The highest BCUT2D eigenvalue weighted by Crippen LogP contribution is 2.16. The molecule has 0 aliphatic rings. The number of aryl methyl sites for hydroxylation is 2. The maximum absolute atomic E-state index is 12.4. The predicted molar refractivity (Wildman–Crippen MR) is 95.6 cm³/mol. The minimum atomic E-state index is -0.268. The van der Waals surface area contributed by atoms with Gasteiger partial charge in [-0.05, 0) is 49.2 Å². The molecule has 0 unspecified atom stereocenters. The fourth-order valence-corrected chi connectivity index (χ4v) is 2.34. The summed E-state index contributed by atoms with van der Waals surface area (Å²) in [5, 5.41) is 6.02. The van der Waals surface area contributed by atoms with Crippen molar-refractivity contribution in [3.8, 4) is 0 Å². The number of rotatable bonds is 4. The van der Waals surface area contributed by atoms with E-state index in [0.29, 0.717) is 11.5 Å². The van der Waals surface area contributed by atoms with Crippen molar-refractivity contribution < 1.29 is 4.79 Å². The molecule has 0 saturated carbocycles. The minimum Gasteiger partial charge on any atom is -0.340 e. The summed E-state index contributed by atoms with van der Waals surface area (Å²) >= 11 is 0. The van der Waals surface area contributed by atoms with Gasteiger partial charge in [0.05, 0.1) is 0 Å². The lowest BCUT2D eigenvalue weighted by Gasteiger charge is -2.08. The molecule has 0 fully saturated rings. The minimum absolute atomic E-state index is 0.268. The number of aromatic nitrogens is 2. The SMILES string of the molecule is Cc1cccc(NC(=O)c2cc(Nc3cccc(C)c3)ncn2)c1. The van der Waals surface area contributed by atoms with Crippen LogP contribution in [0.4, 0.5) is 17.2 Å². The number of benzene rings is 2. The Balaban J connectivity index is 1.76. The summed E-state index contributed by atoms with van der Waals surface area (Å²) < 4.78 is 0. The Hall–Kier alpha value is -3.21. The lowest BCUT2D eigenvalue weighted by molar-refractivity contribution is 0.102. The molecule has 0 saturated heterocycles. The Morgan fingerprint density at radius 3 is 2.25 bits per heavy atom. The molecule has 1 amide bonds. The van der Waals surface area contributed by atoms with Crippen molar-refractivity contribution in [1.29, 1.82) is 0 Å². The van der Waals surface area contributed by atoms with Crippen LogP contribution in [0, 0.1) is 13.8 Å². The highest BCUT2D eigenvalue weighted by Gasteiger charge is 2.09. The molecular weight excluding hydrogens is 300 g/mol. The van der Waals surface area contributed by atoms with Gasteiger partial charge in [-0.1, -0.05) is 24.3 Å². The maximum atomic E-state index is 12.4. The van der Waals surface area contributed by atoms with Crippen LogP contribution in [0.2, 0.25) is 0 Å². The van der Waals surface area contributed by atoms with E-state index in [1.807, 2.05) is 62.4 Å². The Morgan fingerprint density at radius 1 is 0.875 bits per heavy atom. The lowest BCUT2D eigenvalue weighted by atomic mass is 10.2. The van der Waals surface area contributed by atoms with Gasteiger partial charge in [0.1, 0.15) is 17.8 Å². The van der Waals surface area contributed by atoms with Crippen LogP contribution in [0.1, 0.15) is 21.6 Å². The topological polar surface area (TPSA) is 66.9 Å². The fourth-order valence-electron chi connectivity index (χ4n) is 2.34. The van der Waals surface area contributed by atoms with Gasteiger partial charge in [0.15, 0.2) is 0 Å². The first-order valence-corrected chi connectivity index (χ1v) is 7.64. The molecular formula is C19H18N4O. The third-order valence-electron chi connectivity index (χ3n) is 3.47. The summed E-state index contributed by atoms with van der Waals surface area (Å²) in [6.07, 6.45) is 1.38. The van der Waals surface area contributed by atoms with Gasteiger partial charge in [0, 0.05) is 17.4 Å². The maximum Gasteiger partial charge on any atom is 0.274 e. The third kappa shape index (κ3) is 3.95. The predicted octanol–water partition coefficient (Wildman–Crippen LogP) is 4.09. The molecule has 24 heavy (non-hydrogen) atoms. The standard InChI is InChI=1S/C19H18N4O/c1-13-5-3-7-15(9-13)22-18-11-17(20-12-21-18)19(24)23-16-8-4-6-14(2)10-16/h3-12H,1-2H3,(H,23,24)(H,20,21,22). The van der Waals surface area contributed by atoms with Crippen molar-refractivity contribution in [2.45, 2.75) is 13.8 Å². The molecule has 0 bridgehead atoms. The van der Waals surface area contributed by atoms with E-state index in [1.165, 1.54) is 6.33 Å². The van der Waals surface area contributed by atoms with E-state index in [4.69, 9.17) is 0 Å². The normalized spacial score (nSPS) is 10.2. The van der Waals surface area contributed by atoms with Crippen LogP contribution < -0.4 is 10.6 Å². The van der Waals surface area contributed by atoms with Crippen LogP contribution >= 0.6 is 0 Å². The highest BCUT2D eigenvalue weighted by atomic mass is 16.1. The monoisotopic (exact) mass is 318 g/mol. The number of hydrogen-bond acceptors (Lipinski definition) is 4. The van der Waals surface area contributed by atoms with E-state index in [2.05, 4.69) is 20.6 Å². The first-order valence-electron chi connectivity index (χ1n) is 7.64. The molecule has 0 aliphatic heterocycles. The van der Waals surface area contributed by atoms with E-state index in [-0.39, 0.29) is 5.91 Å². The Kier molecular flexibility index (Phi) is 4.52. The molecule has 120 valence electrons. The Labute approximate surface area is 140 Å². The fraction of sp³-hybridized carbons (Fsp3) is 0.105. The van der Waals surface area contributed by atoms with Gasteiger partial charge in [-0.15, -0.1) is 0 Å². The van der Waals surface area contributed by atoms with Gasteiger partial charge in [-0.25, -0.2) is 9.97 Å². The number of nitrogens with one attached hydrogen (secondary N) is 2. The second kappa shape index (κ2) is 6.91. The Morgan fingerprint density at radius 2 is 1.54 bits per heavy atom. The number of hydrogen-bond donors (Lipinski definition) is 2. The number of carbonyl (C=O) groups excluding carboxylic acids is 1. The zero-order valence-corrected chi connectivity index (χ0v) is 13.6. The van der Waals surface area contributed by atoms with E-state index in [1.54, 1.807) is 6.07 Å². The van der Waals surface area contributed by atoms with Crippen LogP contribution in [0.3, 0.4) is 0 Å². The van der Waals surface area contributed by atoms with Crippen molar-refractivity contribution >= 4 is 23.1 Å². The second-order valence-electron chi connectivity index (χ2n) is 5.61. The smallest absolute Gasteiger partial charge is 0.274 e. The molecule has 2 N–H and O–H groups in total. The van der Waals surface area contributed by atoms with E-state index in [9.17, 15) is 4.79 Å².